The van der Waals surface area contributed by atoms with E-state index in [0.29, 0.717) is 6.54 Å². The summed E-state index contributed by atoms with van der Waals surface area (Å²) in [6, 6.07) is 7.94. The van der Waals surface area contributed by atoms with Gasteiger partial charge in [0.25, 0.3) is 0 Å². The van der Waals surface area contributed by atoms with Gasteiger partial charge in [0.1, 0.15) is 0 Å². The van der Waals surface area contributed by atoms with Crippen molar-refractivity contribution in [3.05, 3.63) is 29.8 Å². The van der Waals surface area contributed by atoms with Crippen LogP contribution in [-0.2, 0) is 11.3 Å². The molecule has 0 atom stereocenters. The van der Waals surface area contributed by atoms with Gasteiger partial charge in [0.05, 0.1) is 6.54 Å². The van der Waals surface area contributed by atoms with E-state index in [4.69, 9.17) is 11.5 Å². The Morgan fingerprint density at radius 2 is 1.94 bits per heavy atom. The Labute approximate surface area is 103 Å². The first-order valence-corrected chi connectivity index (χ1v) is 5.99. The first-order valence-electron chi connectivity index (χ1n) is 5.99. The van der Waals surface area contributed by atoms with Gasteiger partial charge in [-0.1, -0.05) is 25.5 Å². The van der Waals surface area contributed by atoms with Crippen LogP contribution in [0.15, 0.2) is 24.3 Å². The highest BCUT2D eigenvalue weighted by Crippen LogP contribution is 2.15. The molecule has 4 N–H and O–H groups in total. The molecule has 1 amide bonds. The number of rotatable bonds is 7. The minimum atomic E-state index is -0.302. The van der Waals surface area contributed by atoms with Gasteiger partial charge in [0.15, 0.2) is 0 Å². The Bertz CT molecular complexity index is 348. The molecule has 17 heavy (non-hydrogen) atoms. The van der Waals surface area contributed by atoms with E-state index in [1.165, 1.54) is 0 Å². The highest BCUT2D eigenvalue weighted by Gasteiger charge is 2.08. The van der Waals surface area contributed by atoms with E-state index in [0.717, 1.165) is 30.6 Å². The number of nitrogens with zero attached hydrogens (tertiary/aromatic N) is 1. The molecule has 0 aliphatic heterocycles. The number of unbranched alkanes of at least 4 members (excludes halogenated alkanes) is 1. The molecule has 4 heteroatoms. The second-order valence-corrected chi connectivity index (χ2v) is 4.11. The monoisotopic (exact) mass is 235 g/mol. The van der Waals surface area contributed by atoms with Crippen LogP contribution >= 0.6 is 0 Å². The van der Waals surface area contributed by atoms with E-state index in [2.05, 4.69) is 6.92 Å². The molecule has 0 bridgehead atoms. The lowest BCUT2D eigenvalue weighted by atomic mass is 10.2. The summed E-state index contributed by atoms with van der Waals surface area (Å²) in [6.45, 7) is 3.77. The summed E-state index contributed by atoms with van der Waals surface area (Å²) < 4.78 is 0. The number of hydrogen-bond donors (Lipinski definition) is 2. The van der Waals surface area contributed by atoms with Crippen LogP contribution < -0.4 is 16.4 Å². The molecule has 1 aromatic carbocycles. The average molecular weight is 235 g/mol. The predicted octanol–water partition coefficient (Wildman–Crippen LogP) is 1.24. The molecular formula is C13H21N3O. The summed E-state index contributed by atoms with van der Waals surface area (Å²) >= 11 is 0. The van der Waals surface area contributed by atoms with E-state index in [1.54, 1.807) is 0 Å². The third-order valence-electron chi connectivity index (χ3n) is 2.67. The van der Waals surface area contributed by atoms with Crippen molar-refractivity contribution in [2.24, 2.45) is 11.5 Å². The fraction of sp³-hybridized carbons (Fsp3) is 0.462. The van der Waals surface area contributed by atoms with Crippen molar-refractivity contribution in [2.75, 3.05) is 18.0 Å². The van der Waals surface area contributed by atoms with Gasteiger partial charge in [-0.2, -0.15) is 0 Å². The molecule has 0 aliphatic rings. The molecule has 4 nitrogen and oxygen atoms in total. The molecule has 1 rings (SSSR count). The molecule has 0 radical (unpaired) electrons. The van der Waals surface area contributed by atoms with Crippen molar-refractivity contribution in [1.29, 1.82) is 0 Å². The first-order chi connectivity index (χ1) is 8.17. The molecule has 94 valence electrons. The van der Waals surface area contributed by atoms with Crippen LogP contribution in [0.2, 0.25) is 0 Å². The minimum Gasteiger partial charge on any atom is -0.368 e. The molecule has 0 spiro atoms. The maximum atomic E-state index is 11.0. The third-order valence-corrected chi connectivity index (χ3v) is 2.67. The number of anilines is 1. The fourth-order valence-electron chi connectivity index (χ4n) is 1.68. The number of benzene rings is 1. The smallest absolute Gasteiger partial charge is 0.236 e. The van der Waals surface area contributed by atoms with Gasteiger partial charge >= 0.3 is 0 Å². The summed E-state index contributed by atoms with van der Waals surface area (Å²) in [6.07, 6.45) is 2.14. The van der Waals surface area contributed by atoms with Crippen LogP contribution in [0.4, 0.5) is 5.69 Å². The first kappa shape index (κ1) is 13.5. The van der Waals surface area contributed by atoms with Gasteiger partial charge in [-0.05, 0) is 24.1 Å². The van der Waals surface area contributed by atoms with E-state index >= 15 is 0 Å². The highest BCUT2D eigenvalue weighted by atomic mass is 16.1. The van der Waals surface area contributed by atoms with E-state index < -0.39 is 0 Å². The molecule has 1 aromatic rings. The number of carbonyl (C=O) groups is 1. The molecule has 0 aliphatic carbocycles. The quantitative estimate of drug-likeness (QED) is 0.746. The van der Waals surface area contributed by atoms with Crippen molar-refractivity contribution in [3.8, 4) is 0 Å². The maximum absolute atomic E-state index is 11.0. The van der Waals surface area contributed by atoms with Crippen LogP contribution in [0, 0.1) is 0 Å². The number of carbonyl (C=O) groups excluding carboxylic acids is 1. The lowest BCUT2D eigenvalue weighted by Gasteiger charge is -2.23. The van der Waals surface area contributed by atoms with Crippen LogP contribution in [0.25, 0.3) is 0 Å². The van der Waals surface area contributed by atoms with Crippen molar-refractivity contribution in [3.63, 3.8) is 0 Å². The summed E-state index contributed by atoms with van der Waals surface area (Å²) in [5.41, 5.74) is 12.9. The molecule has 0 unspecified atom stereocenters. The number of hydrogen-bond acceptors (Lipinski definition) is 3. The molecule has 0 saturated heterocycles. The second kappa shape index (κ2) is 6.91. The summed E-state index contributed by atoms with van der Waals surface area (Å²) in [5, 5.41) is 0. The third kappa shape index (κ3) is 4.44. The topological polar surface area (TPSA) is 72.3 Å². The predicted molar refractivity (Wildman–Crippen MR) is 70.6 cm³/mol. The summed E-state index contributed by atoms with van der Waals surface area (Å²) in [7, 11) is 0. The zero-order valence-corrected chi connectivity index (χ0v) is 10.4. The van der Waals surface area contributed by atoms with Gasteiger partial charge in [-0.25, -0.2) is 0 Å². The van der Waals surface area contributed by atoms with Crippen molar-refractivity contribution < 1.29 is 4.79 Å². The number of primary amides is 1. The Balaban J connectivity index is 2.75. The summed E-state index contributed by atoms with van der Waals surface area (Å²) in [5.74, 6) is -0.302. The van der Waals surface area contributed by atoms with Gasteiger partial charge in [-0.15, -0.1) is 0 Å². The Kier molecular flexibility index (Phi) is 5.49. The van der Waals surface area contributed by atoms with Crippen molar-refractivity contribution >= 4 is 11.6 Å². The lowest BCUT2D eigenvalue weighted by Crippen LogP contribution is -2.34. The fourth-order valence-corrected chi connectivity index (χ4v) is 1.68. The van der Waals surface area contributed by atoms with Gasteiger partial charge in [0, 0.05) is 18.8 Å². The molecular weight excluding hydrogens is 214 g/mol. The van der Waals surface area contributed by atoms with E-state index in [-0.39, 0.29) is 12.5 Å². The SMILES string of the molecule is CCCCN(CC(N)=O)c1ccc(CN)cc1. The zero-order chi connectivity index (χ0) is 12.7. The Hall–Kier alpha value is -1.55. The van der Waals surface area contributed by atoms with Crippen molar-refractivity contribution in [1.82, 2.24) is 0 Å². The maximum Gasteiger partial charge on any atom is 0.236 e. The lowest BCUT2D eigenvalue weighted by molar-refractivity contribution is -0.116. The van der Waals surface area contributed by atoms with Crippen LogP contribution in [0.3, 0.4) is 0 Å². The number of amides is 1. The van der Waals surface area contributed by atoms with Gasteiger partial charge in [-0.3, -0.25) is 4.79 Å². The second-order valence-electron chi connectivity index (χ2n) is 4.11. The minimum absolute atomic E-state index is 0.266. The Morgan fingerprint density at radius 3 is 2.41 bits per heavy atom. The normalized spacial score (nSPS) is 10.2. The zero-order valence-electron chi connectivity index (χ0n) is 10.4. The molecule has 0 saturated carbocycles. The van der Waals surface area contributed by atoms with E-state index in [1.807, 2.05) is 29.2 Å². The van der Waals surface area contributed by atoms with Gasteiger partial charge < -0.3 is 16.4 Å². The largest absolute Gasteiger partial charge is 0.368 e. The van der Waals surface area contributed by atoms with E-state index in [9.17, 15) is 4.79 Å². The molecule has 0 aromatic heterocycles. The van der Waals surface area contributed by atoms with Crippen LogP contribution in [0.1, 0.15) is 25.3 Å². The average Bonchev–Trinajstić information content (AvgIpc) is 2.34. The van der Waals surface area contributed by atoms with Gasteiger partial charge in [0.2, 0.25) is 5.91 Å². The Morgan fingerprint density at radius 1 is 1.29 bits per heavy atom. The highest BCUT2D eigenvalue weighted by molar-refractivity contribution is 5.79. The van der Waals surface area contributed by atoms with Crippen molar-refractivity contribution in [2.45, 2.75) is 26.3 Å². The van der Waals surface area contributed by atoms with Crippen LogP contribution in [-0.4, -0.2) is 19.0 Å². The number of nitrogens with two attached hydrogens (primary N) is 2. The van der Waals surface area contributed by atoms with Crippen LogP contribution in [0.5, 0.6) is 0 Å². The summed E-state index contributed by atoms with van der Waals surface area (Å²) in [4.78, 5) is 13.0. The standard InChI is InChI=1S/C13H21N3O/c1-2-3-8-16(10-13(15)17)12-6-4-11(9-14)5-7-12/h4-7H,2-3,8-10,14H2,1H3,(H2,15,17). The molecule has 0 heterocycles. The molecule has 0 fully saturated rings.